The lowest BCUT2D eigenvalue weighted by atomic mass is 10.1. The van der Waals surface area contributed by atoms with E-state index in [1.165, 1.54) is 0 Å². The van der Waals surface area contributed by atoms with Crippen LogP contribution in [0.4, 0.5) is 11.4 Å². The van der Waals surface area contributed by atoms with Crippen LogP contribution < -0.4 is 4.90 Å². The van der Waals surface area contributed by atoms with Gasteiger partial charge in [-0.2, -0.15) is 0 Å². The lowest BCUT2D eigenvalue weighted by Crippen LogP contribution is -2.32. The number of aromatic nitrogens is 3. The maximum Gasteiger partial charge on any atom is 0.230 e. The standard InChI is InChI=1S/C29H26N6O/c1-30-21-6-4-18(5-7-21)19-13-26-28-31-10-11-34(28)25-9-8-22(12-20(25)15-33(26)14-19)35-17-24-23(16-32(2)3)27(24)29(35)36/h4-14,23-24,27H,15-17H2,2-3H3/t23-,24+,27-/m1/s1. The second-order valence-electron chi connectivity index (χ2n) is 10.4. The van der Waals surface area contributed by atoms with E-state index >= 15 is 0 Å². The summed E-state index contributed by atoms with van der Waals surface area (Å²) in [5.41, 5.74) is 7.10. The first kappa shape index (κ1) is 21.2. The average Bonchev–Trinajstić information content (AvgIpc) is 3.22. The largest absolute Gasteiger partial charge is 0.340 e. The van der Waals surface area contributed by atoms with Crippen molar-refractivity contribution >= 4 is 17.3 Å². The fourth-order valence-electron chi connectivity index (χ4n) is 6.13. The van der Waals surface area contributed by atoms with Crippen LogP contribution in [0.1, 0.15) is 5.56 Å². The molecule has 0 spiro atoms. The first-order valence-corrected chi connectivity index (χ1v) is 12.3. The van der Waals surface area contributed by atoms with Gasteiger partial charge in [0.1, 0.15) is 0 Å². The van der Waals surface area contributed by atoms with Gasteiger partial charge < -0.3 is 14.4 Å². The SMILES string of the molecule is [C-]#[N+]c1ccc(-c2cc3n(c2)Cc2cc(N4C[C@H]5[C@@H](CN(C)C)[C@H]5C4=O)ccc2-n2ccnc2-3)cc1. The Kier molecular flexibility index (Phi) is 4.51. The summed E-state index contributed by atoms with van der Waals surface area (Å²) in [6, 6.07) is 16.3. The number of carbonyl (C=O) groups excluding carboxylic acids is 1. The molecule has 3 aliphatic rings. The van der Waals surface area contributed by atoms with E-state index in [-0.39, 0.29) is 11.8 Å². The van der Waals surface area contributed by atoms with E-state index in [9.17, 15) is 4.79 Å². The van der Waals surface area contributed by atoms with E-state index < -0.39 is 0 Å². The lowest BCUT2D eigenvalue weighted by Gasteiger charge is -2.23. The number of carbonyl (C=O) groups is 1. The van der Waals surface area contributed by atoms with Gasteiger partial charge >= 0.3 is 0 Å². The Balaban J connectivity index is 1.23. The maximum absolute atomic E-state index is 13.2. The molecule has 0 bridgehead atoms. The Morgan fingerprint density at radius 3 is 2.67 bits per heavy atom. The Morgan fingerprint density at radius 1 is 1.11 bits per heavy atom. The van der Waals surface area contributed by atoms with E-state index in [1.54, 1.807) is 0 Å². The number of hydrogen-bond acceptors (Lipinski definition) is 3. The second-order valence-corrected chi connectivity index (χ2v) is 10.4. The monoisotopic (exact) mass is 474 g/mol. The summed E-state index contributed by atoms with van der Waals surface area (Å²) in [6.45, 7) is 9.71. The molecule has 0 radical (unpaired) electrons. The minimum absolute atomic E-state index is 0.180. The van der Waals surface area contributed by atoms with Gasteiger partial charge in [-0.25, -0.2) is 9.83 Å². The summed E-state index contributed by atoms with van der Waals surface area (Å²) in [4.78, 5) is 25.6. The summed E-state index contributed by atoms with van der Waals surface area (Å²) < 4.78 is 4.38. The van der Waals surface area contributed by atoms with E-state index in [1.807, 2.05) is 41.6 Å². The third kappa shape index (κ3) is 3.15. The molecule has 2 aromatic carbocycles. The molecule has 7 nitrogen and oxygen atoms in total. The van der Waals surface area contributed by atoms with Crippen LogP contribution in [-0.4, -0.2) is 52.1 Å². The minimum Gasteiger partial charge on any atom is -0.340 e. The van der Waals surface area contributed by atoms with Crippen molar-refractivity contribution < 1.29 is 4.79 Å². The predicted molar refractivity (Wildman–Crippen MR) is 139 cm³/mol. The van der Waals surface area contributed by atoms with Crippen molar-refractivity contribution in [3.63, 3.8) is 0 Å². The van der Waals surface area contributed by atoms with Crippen LogP contribution in [0, 0.1) is 24.3 Å². The van der Waals surface area contributed by atoms with E-state index in [2.05, 4.69) is 68.4 Å². The summed E-state index contributed by atoms with van der Waals surface area (Å²) >= 11 is 0. The summed E-state index contributed by atoms with van der Waals surface area (Å²) in [5, 5.41) is 0. The highest BCUT2D eigenvalue weighted by Crippen LogP contribution is 2.53. The van der Waals surface area contributed by atoms with Crippen molar-refractivity contribution in [2.24, 2.45) is 17.8 Å². The molecule has 0 unspecified atom stereocenters. The van der Waals surface area contributed by atoms with Crippen LogP contribution >= 0.6 is 0 Å². The number of benzene rings is 2. The van der Waals surface area contributed by atoms with Crippen molar-refractivity contribution in [2.45, 2.75) is 6.54 Å². The third-order valence-electron chi connectivity index (χ3n) is 7.92. The highest BCUT2D eigenvalue weighted by molar-refractivity contribution is 6.00. The first-order valence-electron chi connectivity index (χ1n) is 12.3. The molecule has 1 aliphatic carbocycles. The zero-order valence-corrected chi connectivity index (χ0v) is 20.3. The van der Waals surface area contributed by atoms with Gasteiger partial charge in [0.15, 0.2) is 11.5 Å². The minimum atomic E-state index is 0.180. The van der Waals surface area contributed by atoms with E-state index in [4.69, 9.17) is 6.57 Å². The van der Waals surface area contributed by atoms with Crippen LogP contribution in [-0.2, 0) is 11.3 Å². The number of rotatable bonds is 4. The quantitative estimate of drug-likeness (QED) is 0.355. The number of hydrogen-bond donors (Lipinski definition) is 0. The Labute approximate surface area is 210 Å². The molecule has 1 saturated carbocycles. The number of fused-ring (bicyclic) bond motifs is 6. The van der Waals surface area contributed by atoms with Gasteiger partial charge in [0.25, 0.3) is 0 Å². The first-order chi connectivity index (χ1) is 17.5. The number of piperidine rings is 1. The molecule has 4 aromatic rings. The molecule has 2 fully saturated rings. The summed E-state index contributed by atoms with van der Waals surface area (Å²) in [7, 11) is 4.16. The Morgan fingerprint density at radius 2 is 1.94 bits per heavy atom. The lowest BCUT2D eigenvalue weighted by molar-refractivity contribution is -0.119. The molecule has 4 heterocycles. The number of amides is 1. The van der Waals surface area contributed by atoms with Gasteiger partial charge in [-0.15, -0.1) is 0 Å². The fraction of sp³-hybridized carbons (Fsp3) is 0.276. The molecule has 1 saturated heterocycles. The molecule has 2 aliphatic heterocycles. The number of nitrogens with zero attached hydrogens (tertiary/aromatic N) is 6. The number of anilines is 1. The maximum atomic E-state index is 13.2. The third-order valence-corrected chi connectivity index (χ3v) is 7.92. The molecule has 1 amide bonds. The molecule has 2 aromatic heterocycles. The van der Waals surface area contributed by atoms with Gasteiger partial charge in [0, 0.05) is 55.4 Å². The smallest absolute Gasteiger partial charge is 0.230 e. The molecular formula is C29H26N6O. The van der Waals surface area contributed by atoms with Crippen molar-refractivity contribution in [1.82, 2.24) is 19.0 Å². The predicted octanol–water partition coefficient (Wildman–Crippen LogP) is 4.69. The topological polar surface area (TPSA) is 50.7 Å². The Bertz CT molecular complexity index is 1550. The van der Waals surface area contributed by atoms with Crippen molar-refractivity contribution in [2.75, 3.05) is 32.1 Å². The molecule has 7 rings (SSSR count). The molecule has 178 valence electrons. The zero-order chi connectivity index (χ0) is 24.6. The van der Waals surface area contributed by atoms with Crippen molar-refractivity contribution in [3.8, 4) is 28.3 Å². The van der Waals surface area contributed by atoms with Crippen LogP contribution in [0.25, 0.3) is 33.2 Å². The summed E-state index contributed by atoms with van der Waals surface area (Å²) in [6.07, 6.45) is 6.00. The fourth-order valence-corrected chi connectivity index (χ4v) is 6.13. The van der Waals surface area contributed by atoms with Crippen LogP contribution in [0.15, 0.2) is 67.1 Å². The van der Waals surface area contributed by atoms with Gasteiger partial charge in [0.2, 0.25) is 5.91 Å². The van der Waals surface area contributed by atoms with Gasteiger partial charge in [-0.1, -0.05) is 24.3 Å². The highest BCUT2D eigenvalue weighted by atomic mass is 16.2. The molecule has 3 atom stereocenters. The summed E-state index contributed by atoms with van der Waals surface area (Å²) in [5.74, 6) is 2.33. The van der Waals surface area contributed by atoms with E-state index in [0.717, 1.165) is 52.7 Å². The van der Waals surface area contributed by atoms with Crippen LogP contribution in [0.2, 0.25) is 0 Å². The average molecular weight is 475 g/mol. The normalized spacial score (nSPS) is 21.4. The zero-order valence-electron chi connectivity index (χ0n) is 20.3. The van der Waals surface area contributed by atoms with Gasteiger partial charge in [0.05, 0.1) is 18.0 Å². The molecule has 7 heteroatoms. The van der Waals surface area contributed by atoms with Crippen molar-refractivity contribution in [1.29, 1.82) is 0 Å². The number of imidazole rings is 1. The Hall–Kier alpha value is -4.15. The van der Waals surface area contributed by atoms with Crippen LogP contribution in [0.5, 0.6) is 0 Å². The van der Waals surface area contributed by atoms with Gasteiger partial charge in [-0.3, -0.25) is 9.36 Å². The van der Waals surface area contributed by atoms with Gasteiger partial charge in [-0.05, 0) is 61.3 Å². The molecule has 36 heavy (non-hydrogen) atoms. The van der Waals surface area contributed by atoms with E-state index in [0.29, 0.717) is 24.1 Å². The second kappa shape index (κ2) is 7.67. The van der Waals surface area contributed by atoms with Crippen LogP contribution in [0.3, 0.4) is 0 Å². The molecular weight excluding hydrogens is 448 g/mol. The highest BCUT2D eigenvalue weighted by Gasteiger charge is 2.61. The van der Waals surface area contributed by atoms with Crippen molar-refractivity contribution in [3.05, 3.63) is 84.1 Å². The molecule has 0 N–H and O–H groups in total.